The van der Waals surface area contributed by atoms with E-state index in [1.165, 1.54) is 29.6 Å². The number of hydrogen-bond acceptors (Lipinski definition) is 3. The molecule has 1 N–H and O–H groups in total. The Morgan fingerprint density at radius 2 is 1.68 bits per heavy atom. The van der Waals surface area contributed by atoms with Crippen LogP contribution in [0.3, 0.4) is 0 Å². The molecule has 1 heterocycles. The molecule has 0 spiro atoms. The van der Waals surface area contributed by atoms with Crippen LogP contribution in [0.4, 0.5) is 0 Å². The minimum atomic E-state index is -0.479. The lowest BCUT2D eigenvalue weighted by atomic mass is 9.95. The third-order valence-corrected chi connectivity index (χ3v) is 3.73. The van der Waals surface area contributed by atoms with Crippen molar-refractivity contribution in [3.05, 3.63) is 35.4 Å². The predicted molar refractivity (Wildman–Crippen MR) is 73.7 cm³/mol. The molecule has 1 saturated carbocycles. The summed E-state index contributed by atoms with van der Waals surface area (Å²) in [4.78, 5) is 0. The molecule has 0 unspecified atom stereocenters. The van der Waals surface area contributed by atoms with Crippen LogP contribution in [0.5, 0.6) is 5.75 Å². The Labute approximate surface area is 113 Å². The third kappa shape index (κ3) is 2.82. The van der Waals surface area contributed by atoms with Gasteiger partial charge >= 0.3 is 0 Å². The average molecular weight is 260 g/mol. The van der Waals surface area contributed by atoms with Gasteiger partial charge in [-0.05, 0) is 61.4 Å². The van der Waals surface area contributed by atoms with Crippen molar-refractivity contribution >= 4 is 5.57 Å². The second-order valence-corrected chi connectivity index (χ2v) is 5.82. The summed E-state index contributed by atoms with van der Waals surface area (Å²) in [7, 11) is 0. The lowest BCUT2D eigenvalue weighted by Crippen LogP contribution is -2.36. The molecule has 1 aliphatic carbocycles. The Morgan fingerprint density at radius 1 is 1.11 bits per heavy atom. The van der Waals surface area contributed by atoms with Crippen LogP contribution in [-0.2, 0) is 9.47 Å². The molecule has 102 valence electrons. The van der Waals surface area contributed by atoms with Gasteiger partial charge in [0.25, 0.3) is 0 Å². The first-order valence-electron chi connectivity index (χ1n) is 6.84. The molecule has 0 radical (unpaired) electrons. The van der Waals surface area contributed by atoms with Crippen LogP contribution in [0.25, 0.3) is 5.57 Å². The summed E-state index contributed by atoms with van der Waals surface area (Å²) in [5, 5.41) is 9.41. The normalized spacial score (nSPS) is 22.3. The van der Waals surface area contributed by atoms with E-state index in [1.54, 1.807) is 12.1 Å². The van der Waals surface area contributed by atoms with E-state index in [1.807, 2.05) is 26.0 Å². The van der Waals surface area contributed by atoms with E-state index in [-0.39, 0.29) is 0 Å². The van der Waals surface area contributed by atoms with E-state index in [0.29, 0.717) is 24.9 Å². The van der Waals surface area contributed by atoms with Gasteiger partial charge in [-0.25, -0.2) is 0 Å². The predicted octanol–water partition coefficient (Wildman–Crippen LogP) is 3.34. The van der Waals surface area contributed by atoms with Crippen molar-refractivity contribution in [3.8, 4) is 5.75 Å². The number of hydrogen-bond donors (Lipinski definition) is 1. The molecule has 0 atom stereocenters. The molecule has 1 aromatic rings. The quantitative estimate of drug-likeness (QED) is 0.886. The lowest BCUT2D eigenvalue weighted by Gasteiger charge is -2.33. The summed E-state index contributed by atoms with van der Waals surface area (Å²) in [6, 6.07) is 7.45. The van der Waals surface area contributed by atoms with Gasteiger partial charge in [-0.15, -0.1) is 0 Å². The number of phenolic OH excluding ortho intramolecular Hbond substituents is 1. The molecule has 3 nitrogen and oxygen atoms in total. The Bertz CT molecular complexity index is 483. The van der Waals surface area contributed by atoms with Gasteiger partial charge in [-0.3, -0.25) is 0 Å². The zero-order chi connectivity index (χ0) is 13.5. The Balaban J connectivity index is 1.91. The Morgan fingerprint density at radius 3 is 2.21 bits per heavy atom. The first kappa shape index (κ1) is 12.7. The van der Waals surface area contributed by atoms with Crippen molar-refractivity contribution in [2.24, 2.45) is 5.92 Å². The van der Waals surface area contributed by atoms with E-state index in [0.717, 1.165) is 0 Å². The maximum Gasteiger partial charge on any atom is 0.163 e. The fourth-order valence-electron chi connectivity index (χ4n) is 2.50. The van der Waals surface area contributed by atoms with Crippen LogP contribution in [0.15, 0.2) is 29.8 Å². The van der Waals surface area contributed by atoms with Crippen LogP contribution >= 0.6 is 0 Å². The van der Waals surface area contributed by atoms with Crippen molar-refractivity contribution in [2.45, 2.75) is 32.5 Å². The van der Waals surface area contributed by atoms with Gasteiger partial charge in [0.05, 0.1) is 13.2 Å². The molecule has 0 bridgehead atoms. The molecule has 1 aromatic carbocycles. The Hall–Kier alpha value is -1.32. The smallest absolute Gasteiger partial charge is 0.163 e. The fourth-order valence-corrected chi connectivity index (χ4v) is 2.50. The first-order valence-corrected chi connectivity index (χ1v) is 6.84. The topological polar surface area (TPSA) is 38.7 Å². The number of rotatable bonds is 2. The van der Waals surface area contributed by atoms with Crippen LogP contribution in [0.2, 0.25) is 0 Å². The SMILES string of the molecule is CC1(C)OCC(=C(c2ccc(O)cc2)C2CC2)CO1. The van der Waals surface area contributed by atoms with Crippen molar-refractivity contribution in [1.82, 2.24) is 0 Å². The average Bonchev–Trinajstić information content (AvgIpc) is 3.18. The molecule has 3 heteroatoms. The summed E-state index contributed by atoms with van der Waals surface area (Å²) < 4.78 is 11.5. The van der Waals surface area contributed by atoms with Crippen molar-refractivity contribution < 1.29 is 14.6 Å². The molecule has 0 aromatic heterocycles. The van der Waals surface area contributed by atoms with Crippen LogP contribution in [0.1, 0.15) is 32.3 Å². The summed E-state index contributed by atoms with van der Waals surface area (Å²) in [6.45, 7) is 5.17. The van der Waals surface area contributed by atoms with E-state index >= 15 is 0 Å². The van der Waals surface area contributed by atoms with E-state index in [2.05, 4.69) is 0 Å². The molecule has 3 rings (SSSR count). The van der Waals surface area contributed by atoms with Gasteiger partial charge < -0.3 is 14.6 Å². The number of aromatic hydroxyl groups is 1. The minimum Gasteiger partial charge on any atom is -0.508 e. The zero-order valence-corrected chi connectivity index (χ0v) is 11.5. The van der Waals surface area contributed by atoms with Gasteiger partial charge in [-0.1, -0.05) is 12.1 Å². The maximum atomic E-state index is 9.41. The highest BCUT2D eigenvalue weighted by Crippen LogP contribution is 2.44. The van der Waals surface area contributed by atoms with Gasteiger partial charge in [0.1, 0.15) is 5.75 Å². The molecule has 2 fully saturated rings. The van der Waals surface area contributed by atoms with Gasteiger partial charge in [0, 0.05) is 0 Å². The molecular weight excluding hydrogens is 240 g/mol. The summed E-state index contributed by atoms with van der Waals surface area (Å²) in [5.74, 6) is 0.460. The Kier molecular flexibility index (Phi) is 3.11. The number of ether oxygens (including phenoxy) is 2. The third-order valence-electron chi connectivity index (χ3n) is 3.73. The summed E-state index contributed by atoms with van der Waals surface area (Å²) in [5.41, 5.74) is 3.78. The number of allylic oxidation sites excluding steroid dienone is 1. The molecular formula is C16H20O3. The highest BCUT2D eigenvalue weighted by Gasteiger charge is 2.33. The first-order chi connectivity index (χ1) is 9.05. The lowest BCUT2D eigenvalue weighted by molar-refractivity contribution is -0.225. The van der Waals surface area contributed by atoms with Gasteiger partial charge in [0.15, 0.2) is 5.79 Å². The maximum absolute atomic E-state index is 9.41. The van der Waals surface area contributed by atoms with E-state index < -0.39 is 5.79 Å². The molecule has 1 aliphatic heterocycles. The van der Waals surface area contributed by atoms with E-state index in [9.17, 15) is 5.11 Å². The molecule has 19 heavy (non-hydrogen) atoms. The fraction of sp³-hybridized carbons (Fsp3) is 0.500. The second-order valence-electron chi connectivity index (χ2n) is 5.82. The van der Waals surface area contributed by atoms with Crippen LogP contribution in [-0.4, -0.2) is 24.1 Å². The van der Waals surface area contributed by atoms with E-state index in [4.69, 9.17) is 9.47 Å². The van der Waals surface area contributed by atoms with Crippen molar-refractivity contribution in [3.63, 3.8) is 0 Å². The second kappa shape index (κ2) is 4.66. The number of benzene rings is 1. The van der Waals surface area contributed by atoms with Gasteiger partial charge in [-0.2, -0.15) is 0 Å². The zero-order valence-electron chi connectivity index (χ0n) is 11.5. The number of phenols is 1. The highest BCUT2D eigenvalue weighted by molar-refractivity contribution is 5.73. The van der Waals surface area contributed by atoms with Crippen LogP contribution in [0, 0.1) is 5.92 Å². The standard InChI is InChI=1S/C16H20O3/c1-16(2)18-9-13(10-19-16)15(11-3-4-11)12-5-7-14(17)8-6-12/h5-8,11,17H,3-4,9-10H2,1-2H3. The van der Waals surface area contributed by atoms with Crippen LogP contribution < -0.4 is 0 Å². The van der Waals surface area contributed by atoms with Crippen molar-refractivity contribution in [2.75, 3.05) is 13.2 Å². The highest BCUT2D eigenvalue weighted by atomic mass is 16.7. The largest absolute Gasteiger partial charge is 0.508 e. The molecule has 1 saturated heterocycles. The molecule has 0 amide bonds. The summed E-state index contributed by atoms with van der Waals surface area (Å²) >= 11 is 0. The van der Waals surface area contributed by atoms with Gasteiger partial charge in [0.2, 0.25) is 0 Å². The monoisotopic (exact) mass is 260 g/mol. The molecule has 2 aliphatic rings. The minimum absolute atomic E-state index is 0.307. The van der Waals surface area contributed by atoms with Crippen molar-refractivity contribution in [1.29, 1.82) is 0 Å². The summed E-state index contributed by atoms with van der Waals surface area (Å²) in [6.07, 6.45) is 2.48.